The Labute approximate surface area is 201 Å². The number of carbonyl (C=O) groups excluding carboxylic acids is 2. The molecule has 0 radical (unpaired) electrons. The molecule has 0 saturated heterocycles. The first-order chi connectivity index (χ1) is 16.0. The first-order valence-corrected chi connectivity index (χ1v) is 12.3. The second-order valence-electron chi connectivity index (χ2n) is 8.15. The van der Waals surface area contributed by atoms with Crippen LogP contribution in [0.3, 0.4) is 0 Å². The van der Waals surface area contributed by atoms with Gasteiger partial charge in [0.05, 0.1) is 18.3 Å². The molecule has 1 N–H and O–H groups in total. The van der Waals surface area contributed by atoms with E-state index >= 15 is 0 Å². The van der Waals surface area contributed by atoms with E-state index < -0.39 is 22.2 Å². The van der Waals surface area contributed by atoms with Gasteiger partial charge in [-0.25, -0.2) is 9.59 Å². The molecule has 34 heavy (non-hydrogen) atoms. The molecule has 0 atom stereocenters. The SMILES string of the molecule is COCCN(Cc1cccc(OS(=O)(=O)c2ccccc2C(=O)OC(C)C)c1)C(=O)NC(C)C. The molecular formula is C24H32N2O7S. The highest BCUT2D eigenvalue weighted by atomic mass is 32.2. The number of esters is 1. The molecule has 10 heteroatoms. The fourth-order valence-electron chi connectivity index (χ4n) is 3.01. The summed E-state index contributed by atoms with van der Waals surface area (Å²) >= 11 is 0. The van der Waals surface area contributed by atoms with Gasteiger partial charge < -0.3 is 23.9 Å². The molecule has 2 aromatic rings. The van der Waals surface area contributed by atoms with Crippen LogP contribution < -0.4 is 9.50 Å². The Hall–Kier alpha value is -3.11. The molecule has 0 aliphatic rings. The van der Waals surface area contributed by atoms with Gasteiger partial charge in [-0.15, -0.1) is 0 Å². The zero-order valence-electron chi connectivity index (χ0n) is 20.1. The van der Waals surface area contributed by atoms with Crippen LogP contribution in [0, 0.1) is 0 Å². The van der Waals surface area contributed by atoms with Gasteiger partial charge in [0.2, 0.25) is 0 Å². The van der Waals surface area contributed by atoms with E-state index in [0.717, 1.165) is 0 Å². The summed E-state index contributed by atoms with van der Waals surface area (Å²) in [6, 6.07) is 11.8. The first kappa shape index (κ1) is 27.1. The average Bonchev–Trinajstić information content (AvgIpc) is 2.75. The summed E-state index contributed by atoms with van der Waals surface area (Å²) in [6.07, 6.45) is -0.408. The zero-order valence-corrected chi connectivity index (χ0v) is 20.9. The van der Waals surface area contributed by atoms with Crippen molar-refractivity contribution in [3.63, 3.8) is 0 Å². The van der Waals surface area contributed by atoms with Gasteiger partial charge in [-0.3, -0.25) is 0 Å². The molecule has 0 spiro atoms. The fraction of sp³-hybridized carbons (Fsp3) is 0.417. The van der Waals surface area contributed by atoms with Crippen LogP contribution in [0.5, 0.6) is 5.75 Å². The summed E-state index contributed by atoms with van der Waals surface area (Å²) in [4.78, 5) is 26.2. The lowest BCUT2D eigenvalue weighted by molar-refractivity contribution is 0.0373. The van der Waals surface area contributed by atoms with E-state index in [1.807, 2.05) is 13.8 Å². The normalized spacial score (nSPS) is 11.4. The number of hydrogen-bond acceptors (Lipinski definition) is 7. The molecule has 2 aromatic carbocycles. The van der Waals surface area contributed by atoms with Gasteiger partial charge in [0.1, 0.15) is 10.6 Å². The maximum Gasteiger partial charge on any atom is 0.340 e. The van der Waals surface area contributed by atoms with Gasteiger partial charge in [0.25, 0.3) is 0 Å². The Morgan fingerprint density at radius 3 is 2.38 bits per heavy atom. The van der Waals surface area contributed by atoms with Crippen LogP contribution in [0.4, 0.5) is 4.79 Å². The zero-order chi connectivity index (χ0) is 25.3. The van der Waals surface area contributed by atoms with E-state index in [9.17, 15) is 18.0 Å². The van der Waals surface area contributed by atoms with E-state index in [4.69, 9.17) is 13.7 Å². The highest BCUT2D eigenvalue weighted by Gasteiger charge is 2.26. The van der Waals surface area contributed by atoms with Crippen molar-refractivity contribution in [2.75, 3.05) is 20.3 Å². The van der Waals surface area contributed by atoms with Crippen LogP contribution in [0.25, 0.3) is 0 Å². The molecule has 0 fully saturated rings. The molecular weight excluding hydrogens is 460 g/mol. The Balaban J connectivity index is 2.26. The Morgan fingerprint density at radius 1 is 1.03 bits per heavy atom. The highest BCUT2D eigenvalue weighted by Crippen LogP contribution is 2.24. The molecule has 0 unspecified atom stereocenters. The average molecular weight is 493 g/mol. The number of rotatable bonds is 11. The van der Waals surface area contributed by atoms with Gasteiger partial charge in [0.15, 0.2) is 0 Å². The van der Waals surface area contributed by atoms with Gasteiger partial charge in [-0.1, -0.05) is 24.3 Å². The van der Waals surface area contributed by atoms with Crippen LogP contribution in [0.2, 0.25) is 0 Å². The summed E-state index contributed by atoms with van der Waals surface area (Å²) in [5.41, 5.74) is 0.554. The highest BCUT2D eigenvalue weighted by molar-refractivity contribution is 7.87. The summed E-state index contributed by atoms with van der Waals surface area (Å²) < 4.78 is 41.6. The third-order valence-electron chi connectivity index (χ3n) is 4.46. The Kier molecular flexibility index (Phi) is 9.88. The van der Waals surface area contributed by atoms with Crippen molar-refractivity contribution >= 4 is 22.1 Å². The number of hydrogen-bond donors (Lipinski definition) is 1. The number of nitrogens with zero attached hydrogens (tertiary/aromatic N) is 1. The van der Waals surface area contributed by atoms with Gasteiger partial charge in [0, 0.05) is 26.2 Å². The minimum absolute atomic E-state index is 0.0418. The second-order valence-corrected chi connectivity index (χ2v) is 9.67. The van der Waals surface area contributed by atoms with Crippen molar-refractivity contribution in [1.82, 2.24) is 10.2 Å². The molecule has 0 saturated carbocycles. The van der Waals surface area contributed by atoms with Crippen molar-refractivity contribution in [3.05, 3.63) is 59.7 Å². The molecule has 186 valence electrons. The van der Waals surface area contributed by atoms with E-state index in [-0.39, 0.29) is 34.8 Å². The van der Waals surface area contributed by atoms with Crippen molar-refractivity contribution in [1.29, 1.82) is 0 Å². The van der Waals surface area contributed by atoms with Crippen LogP contribution in [-0.2, 0) is 26.1 Å². The van der Waals surface area contributed by atoms with Crippen LogP contribution in [-0.4, -0.2) is 57.7 Å². The molecule has 0 bridgehead atoms. The monoisotopic (exact) mass is 492 g/mol. The number of urea groups is 1. The topological polar surface area (TPSA) is 111 Å². The minimum atomic E-state index is -4.33. The van der Waals surface area contributed by atoms with E-state index in [2.05, 4.69) is 5.32 Å². The van der Waals surface area contributed by atoms with Gasteiger partial charge in [-0.2, -0.15) is 8.42 Å². The number of benzene rings is 2. The predicted octanol–water partition coefficient (Wildman–Crippen LogP) is 3.59. The molecule has 0 aliphatic carbocycles. The number of methoxy groups -OCH3 is 1. The van der Waals surface area contributed by atoms with Crippen LogP contribution in [0.1, 0.15) is 43.6 Å². The van der Waals surface area contributed by atoms with Crippen molar-refractivity contribution in [2.45, 2.75) is 51.3 Å². The largest absolute Gasteiger partial charge is 0.459 e. The summed E-state index contributed by atoms with van der Waals surface area (Å²) in [5, 5.41) is 2.84. The number of amides is 2. The second kappa shape index (κ2) is 12.4. The number of ether oxygens (including phenoxy) is 2. The lowest BCUT2D eigenvalue weighted by atomic mass is 10.2. The summed E-state index contributed by atoms with van der Waals surface area (Å²) in [6.45, 7) is 7.99. The van der Waals surface area contributed by atoms with Gasteiger partial charge in [-0.05, 0) is 57.5 Å². The molecule has 9 nitrogen and oxygen atoms in total. The third kappa shape index (κ3) is 8.03. The fourth-order valence-corrected chi connectivity index (χ4v) is 4.12. The quantitative estimate of drug-likeness (QED) is 0.377. The van der Waals surface area contributed by atoms with Crippen molar-refractivity contribution < 1.29 is 31.7 Å². The molecule has 0 aromatic heterocycles. The van der Waals surface area contributed by atoms with Gasteiger partial charge >= 0.3 is 22.1 Å². The van der Waals surface area contributed by atoms with Crippen LogP contribution in [0.15, 0.2) is 53.4 Å². The van der Waals surface area contributed by atoms with E-state index in [1.54, 1.807) is 44.1 Å². The lowest BCUT2D eigenvalue weighted by Gasteiger charge is -2.24. The Morgan fingerprint density at radius 2 is 1.74 bits per heavy atom. The smallest absolute Gasteiger partial charge is 0.340 e. The van der Waals surface area contributed by atoms with Crippen molar-refractivity contribution in [2.24, 2.45) is 0 Å². The van der Waals surface area contributed by atoms with Crippen molar-refractivity contribution in [3.8, 4) is 5.75 Å². The minimum Gasteiger partial charge on any atom is -0.459 e. The number of nitrogens with one attached hydrogen (secondary N) is 1. The Bertz CT molecular complexity index is 1080. The number of carbonyl (C=O) groups is 2. The first-order valence-electron chi connectivity index (χ1n) is 10.9. The third-order valence-corrected chi connectivity index (χ3v) is 5.77. The molecule has 0 aliphatic heterocycles. The van der Waals surface area contributed by atoms with E-state index in [0.29, 0.717) is 18.7 Å². The lowest BCUT2D eigenvalue weighted by Crippen LogP contribution is -2.43. The maximum absolute atomic E-state index is 13.0. The summed E-state index contributed by atoms with van der Waals surface area (Å²) in [7, 11) is -2.78. The maximum atomic E-state index is 13.0. The van der Waals surface area contributed by atoms with E-state index in [1.165, 1.54) is 30.3 Å². The molecule has 2 amide bonds. The standard InChI is InChI=1S/C24H32N2O7S/c1-17(2)25-24(28)26(13-14-31-5)16-19-9-8-10-20(15-19)33-34(29,30)22-12-7-6-11-21(22)23(27)32-18(3)4/h6-12,15,17-18H,13-14,16H2,1-5H3,(H,25,28). The molecule has 0 heterocycles. The summed E-state index contributed by atoms with van der Waals surface area (Å²) in [5.74, 6) is -0.697. The van der Waals surface area contributed by atoms with Crippen LogP contribution >= 0.6 is 0 Å². The molecule has 2 rings (SSSR count). The predicted molar refractivity (Wildman–Crippen MR) is 127 cm³/mol.